The summed E-state index contributed by atoms with van der Waals surface area (Å²) in [4.78, 5) is 0. The smallest absolute Gasteiger partial charge is 0.186 e. The van der Waals surface area contributed by atoms with Gasteiger partial charge in [-0.2, -0.15) is 5.26 Å². The van der Waals surface area contributed by atoms with E-state index >= 15 is 0 Å². The lowest BCUT2D eigenvalue weighted by Gasteiger charge is -2.07. The average molecular weight is 266 g/mol. The molecule has 0 atom stereocenters. The number of nitriles is 1. The third-order valence-corrected chi connectivity index (χ3v) is 2.83. The van der Waals surface area contributed by atoms with E-state index in [1.807, 2.05) is 43.3 Å². The van der Waals surface area contributed by atoms with Crippen molar-refractivity contribution in [3.8, 4) is 11.8 Å². The molecule has 2 aromatic carbocycles. The van der Waals surface area contributed by atoms with Gasteiger partial charge in [0.2, 0.25) is 0 Å². The summed E-state index contributed by atoms with van der Waals surface area (Å²) in [7, 11) is 0. The zero-order chi connectivity index (χ0) is 14.4. The third-order valence-electron chi connectivity index (χ3n) is 2.83. The summed E-state index contributed by atoms with van der Waals surface area (Å²) in [6, 6.07) is 16.8. The Labute approximate surface area is 117 Å². The van der Waals surface area contributed by atoms with Crippen LogP contribution in [0.5, 0.6) is 5.75 Å². The highest BCUT2D eigenvalue weighted by atomic mass is 16.5. The molecule has 4 nitrogen and oxygen atoms in total. The van der Waals surface area contributed by atoms with E-state index in [9.17, 15) is 0 Å². The molecular weight excluding hydrogens is 252 g/mol. The van der Waals surface area contributed by atoms with E-state index in [2.05, 4.69) is 5.16 Å². The van der Waals surface area contributed by atoms with Gasteiger partial charge in [-0.05, 0) is 30.7 Å². The van der Waals surface area contributed by atoms with E-state index < -0.39 is 0 Å². The standard InChI is InChI=1S/C16H14N2O2/c1-12-5-7-15(8-6-12)20-11-13-3-2-4-14(9-13)16(10-17)18-19/h2-9,19H,11H2,1H3/b18-16-. The van der Waals surface area contributed by atoms with E-state index in [1.54, 1.807) is 18.2 Å². The summed E-state index contributed by atoms with van der Waals surface area (Å²) in [5.41, 5.74) is 2.64. The molecule has 0 amide bonds. The van der Waals surface area contributed by atoms with Crippen molar-refractivity contribution in [1.29, 1.82) is 5.26 Å². The molecule has 0 unspecified atom stereocenters. The molecule has 0 radical (unpaired) electrons. The Morgan fingerprint density at radius 1 is 1.25 bits per heavy atom. The number of ether oxygens (including phenoxy) is 1. The topological polar surface area (TPSA) is 65.6 Å². The van der Waals surface area contributed by atoms with E-state index in [1.165, 1.54) is 5.56 Å². The molecule has 0 spiro atoms. The lowest BCUT2D eigenvalue weighted by atomic mass is 10.1. The van der Waals surface area contributed by atoms with Crippen molar-refractivity contribution in [2.45, 2.75) is 13.5 Å². The van der Waals surface area contributed by atoms with Gasteiger partial charge < -0.3 is 9.94 Å². The van der Waals surface area contributed by atoms with Crippen molar-refractivity contribution < 1.29 is 9.94 Å². The predicted octanol–water partition coefficient (Wildman–Crippen LogP) is 3.28. The van der Waals surface area contributed by atoms with Crippen molar-refractivity contribution in [3.05, 3.63) is 65.2 Å². The van der Waals surface area contributed by atoms with Crippen molar-refractivity contribution in [1.82, 2.24) is 0 Å². The van der Waals surface area contributed by atoms with Crippen molar-refractivity contribution in [2.75, 3.05) is 0 Å². The number of aryl methyl sites for hydroxylation is 1. The van der Waals surface area contributed by atoms with Crippen LogP contribution in [0.3, 0.4) is 0 Å². The van der Waals surface area contributed by atoms with Gasteiger partial charge in [0.1, 0.15) is 18.4 Å². The van der Waals surface area contributed by atoms with E-state index in [0.29, 0.717) is 12.2 Å². The Kier molecular flexibility index (Phi) is 4.35. The number of hydrogen-bond donors (Lipinski definition) is 1. The van der Waals surface area contributed by atoms with Crippen LogP contribution in [0.2, 0.25) is 0 Å². The molecule has 0 saturated heterocycles. The van der Waals surface area contributed by atoms with Crippen LogP contribution in [0.15, 0.2) is 53.7 Å². The first-order valence-corrected chi connectivity index (χ1v) is 6.14. The first kappa shape index (κ1) is 13.6. The summed E-state index contributed by atoms with van der Waals surface area (Å²) in [6.07, 6.45) is 0. The second-order valence-electron chi connectivity index (χ2n) is 4.36. The van der Waals surface area contributed by atoms with Gasteiger partial charge in [-0.15, -0.1) is 0 Å². The van der Waals surface area contributed by atoms with Crippen molar-refractivity contribution >= 4 is 5.71 Å². The molecule has 2 rings (SSSR count). The van der Waals surface area contributed by atoms with Gasteiger partial charge in [-0.25, -0.2) is 0 Å². The van der Waals surface area contributed by atoms with Gasteiger partial charge in [-0.3, -0.25) is 0 Å². The summed E-state index contributed by atoms with van der Waals surface area (Å²) in [6.45, 7) is 2.41. The minimum atomic E-state index is -0.0119. The lowest BCUT2D eigenvalue weighted by Crippen LogP contribution is -2.00. The largest absolute Gasteiger partial charge is 0.489 e. The first-order valence-electron chi connectivity index (χ1n) is 6.14. The molecule has 0 bridgehead atoms. The van der Waals surface area contributed by atoms with Crippen LogP contribution < -0.4 is 4.74 Å². The van der Waals surface area contributed by atoms with Gasteiger partial charge >= 0.3 is 0 Å². The van der Waals surface area contributed by atoms with E-state index in [0.717, 1.165) is 11.3 Å². The van der Waals surface area contributed by atoms with Crippen LogP contribution in [0.1, 0.15) is 16.7 Å². The highest BCUT2D eigenvalue weighted by Crippen LogP contribution is 2.14. The van der Waals surface area contributed by atoms with E-state index in [4.69, 9.17) is 15.2 Å². The maximum atomic E-state index is 8.83. The second-order valence-corrected chi connectivity index (χ2v) is 4.36. The fourth-order valence-electron chi connectivity index (χ4n) is 1.75. The van der Waals surface area contributed by atoms with Crippen LogP contribution in [0.25, 0.3) is 0 Å². The van der Waals surface area contributed by atoms with Gasteiger partial charge in [0, 0.05) is 5.56 Å². The second kappa shape index (κ2) is 6.39. The van der Waals surface area contributed by atoms with Crippen molar-refractivity contribution in [3.63, 3.8) is 0 Å². The van der Waals surface area contributed by atoms with Gasteiger partial charge in [0.15, 0.2) is 5.71 Å². The van der Waals surface area contributed by atoms with Gasteiger partial charge in [0.05, 0.1) is 0 Å². The molecule has 100 valence electrons. The molecule has 0 aromatic heterocycles. The molecule has 0 aliphatic heterocycles. The van der Waals surface area contributed by atoms with E-state index in [-0.39, 0.29) is 5.71 Å². The zero-order valence-corrected chi connectivity index (χ0v) is 11.1. The van der Waals surface area contributed by atoms with Crippen LogP contribution in [-0.4, -0.2) is 10.9 Å². The third kappa shape index (κ3) is 3.36. The summed E-state index contributed by atoms with van der Waals surface area (Å²) in [5.74, 6) is 0.789. The molecule has 4 heteroatoms. The first-order chi connectivity index (χ1) is 9.72. The number of nitrogens with zero attached hydrogens (tertiary/aromatic N) is 2. The quantitative estimate of drug-likeness (QED) is 0.524. The molecule has 0 heterocycles. The molecule has 20 heavy (non-hydrogen) atoms. The summed E-state index contributed by atoms with van der Waals surface area (Å²) < 4.78 is 5.66. The normalized spacial score (nSPS) is 10.9. The van der Waals surface area contributed by atoms with Crippen molar-refractivity contribution in [2.24, 2.45) is 5.16 Å². The SMILES string of the molecule is Cc1ccc(OCc2cccc(/C(C#N)=N\O)c2)cc1. The number of benzene rings is 2. The van der Waals surface area contributed by atoms with Gasteiger partial charge in [-0.1, -0.05) is 41.1 Å². The molecule has 0 fully saturated rings. The zero-order valence-electron chi connectivity index (χ0n) is 11.1. The molecule has 0 saturated carbocycles. The number of hydrogen-bond acceptors (Lipinski definition) is 4. The Hall–Kier alpha value is -2.80. The van der Waals surface area contributed by atoms with Crippen LogP contribution in [-0.2, 0) is 6.61 Å². The number of rotatable bonds is 4. The maximum absolute atomic E-state index is 8.83. The minimum Gasteiger partial charge on any atom is -0.489 e. The molecular formula is C16H14N2O2. The molecule has 0 aliphatic carbocycles. The lowest BCUT2D eigenvalue weighted by molar-refractivity contribution is 0.306. The fourth-order valence-corrected chi connectivity index (χ4v) is 1.75. The Morgan fingerprint density at radius 3 is 2.65 bits per heavy atom. The summed E-state index contributed by atoms with van der Waals surface area (Å²) in [5, 5.41) is 20.5. The molecule has 2 aromatic rings. The summed E-state index contributed by atoms with van der Waals surface area (Å²) >= 11 is 0. The Balaban J connectivity index is 2.09. The predicted molar refractivity (Wildman–Crippen MR) is 75.9 cm³/mol. The molecule has 0 aliphatic rings. The number of oxime groups is 1. The highest BCUT2D eigenvalue weighted by molar-refractivity contribution is 6.11. The minimum absolute atomic E-state index is 0.0119. The van der Waals surface area contributed by atoms with Gasteiger partial charge in [0.25, 0.3) is 0 Å². The fraction of sp³-hybridized carbons (Fsp3) is 0.125. The van der Waals surface area contributed by atoms with Crippen LogP contribution in [0.4, 0.5) is 0 Å². The maximum Gasteiger partial charge on any atom is 0.186 e. The Morgan fingerprint density at radius 2 is 2.00 bits per heavy atom. The Bertz CT molecular complexity index is 655. The highest BCUT2D eigenvalue weighted by Gasteiger charge is 2.04. The van der Waals surface area contributed by atoms with Crippen LogP contribution in [0, 0.1) is 18.3 Å². The monoisotopic (exact) mass is 266 g/mol. The molecule has 1 N–H and O–H groups in total. The average Bonchev–Trinajstić information content (AvgIpc) is 2.48. The van der Waals surface area contributed by atoms with Crippen LogP contribution >= 0.6 is 0 Å².